The number of benzene rings is 1. The molecule has 0 N–H and O–H groups in total. The summed E-state index contributed by atoms with van der Waals surface area (Å²) >= 11 is 13.9. The summed E-state index contributed by atoms with van der Waals surface area (Å²) in [4.78, 5) is 7.02. The first kappa shape index (κ1) is 14.3. The number of hydrogen-bond donors (Lipinski definition) is 0. The Hall–Kier alpha value is -0.650. The SMILES string of the molecule is Clc1ccc(Cl)c(-c2csc(CN3CCOCC3)n2)c1. The Morgan fingerprint density at radius 2 is 2.05 bits per heavy atom. The van der Waals surface area contributed by atoms with Gasteiger partial charge in [0.15, 0.2) is 0 Å². The van der Waals surface area contributed by atoms with Crippen LogP contribution in [0.25, 0.3) is 11.3 Å². The summed E-state index contributed by atoms with van der Waals surface area (Å²) in [5.74, 6) is 0. The predicted molar refractivity (Wildman–Crippen MR) is 83.7 cm³/mol. The number of thiazole rings is 1. The summed E-state index contributed by atoms with van der Waals surface area (Å²) in [7, 11) is 0. The molecule has 0 spiro atoms. The van der Waals surface area contributed by atoms with Crippen molar-refractivity contribution in [2.45, 2.75) is 6.54 Å². The zero-order valence-corrected chi connectivity index (χ0v) is 13.1. The number of nitrogens with zero attached hydrogens (tertiary/aromatic N) is 2. The Bertz CT molecular complexity index is 597. The fourth-order valence-corrected chi connectivity index (χ4v) is 3.37. The molecule has 1 saturated heterocycles. The van der Waals surface area contributed by atoms with Crippen molar-refractivity contribution in [3.05, 3.63) is 38.6 Å². The normalized spacial score (nSPS) is 16.5. The number of ether oxygens (including phenoxy) is 1. The Labute approximate surface area is 132 Å². The molecular weight excluding hydrogens is 315 g/mol. The zero-order valence-electron chi connectivity index (χ0n) is 10.8. The monoisotopic (exact) mass is 328 g/mol. The van der Waals surface area contributed by atoms with E-state index in [1.54, 1.807) is 23.5 Å². The molecule has 2 aromatic rings. The molecule has 1 fully saturated rings. The third-order valence-electron chi connectivity index (χ3n) is 3.22. The van der Waals surface area contributed by atoms with Crippen LogP contribution in [-0.2, 0) is 11.3 Å². The highest BCUT2D eigenvalue weighted by Crippen LogP contribution is 2.31. The van der Waals surface area contributed by atoms with Crippen LogP contribution < -0.4 is 0 Å². The van der Waals surface area contributed by atoms with Crippen molar-refractivity contribution in [1.29, 1.82) is 0 Å². The first-order chi connectivity index (χ1) is 9.72. The van der Waals surface area contributed by atoms with Crippen LogP contribution in [0.1, 0.15) is 5.01 Å². The molecule has 1 aromatic heterocycles. The van der Waals surface area contributed by atoms with E-state index in [9.17, 15) is 0 Å². The number of hydrogen-bond acceptors (Lipinski definition) is 4. The second kappa shape index (κ2) is 6.41. The second-order valence-electron chi connectivity index (χ2n) is 4.64. The minimum Gasteiger partial charge on any atom is -0.379 e. The summed E-state index contributed by atoms with van der Waals surface area (Å²) in [6.45, 7) is 4.41. The lowest BCUT2D eigenvalue weighted by Crippen LogP contribution is -2.35. The molecule has 1 aromatic carbocycles. The molecule has 3 rings (SSSR count). The number of halogens is 2. The molecule has 6 heteroatoms. The molecule has 0 unspecified atom stereocenters. The number of morpholine rings is 1. The standard InChI is InChI=1S/C14H14Cl2N2OS/c15-10-1-2-12(16)11(7-10)13-9-20-14(17-13)8-18-3-5-19-6-4-18/h1-2,7,9H,3-6,8H2. The Morgan fingerprint density at radius 1 is 1.25 bits per heavy atom. The highest BCUT2D eigenvalue weighted by Gasteiger charge is 2.14. The van der Waals surface area contributed by atoms with Crippen LogP contribution in [0, 0.1) is 0 Å². The van der Waals surface area contributed by atoms with Gasteiger partial charge >= 0.3 is 0 Å². The van der Waals surface area contributed by atoms with Gasteiger partial charge in [0.2, 0.25) is 0 Å². The lowest BCUT2D eigenvalue weighted by molar-refractivity contribution is 0.0342. The van der Waals surface area contributed by atoms with Crippen molar-refractivity contribution in [3.63, 3.8) is 0 Å². The molecule has 0 saturated carbocycles. The molecule has 0 aliphatic carbocycles. The van der Waals surface area contributed by atoms with Gasteiger partial charge in [-0.2, -0.15) is 0 Å². The highest BCUT2D eigenvalue weighted by molar-refractivity contribution is 7.09. The first-order valence-corrected chi connectivity index (χ1v) is 8.06. The fourth-order valence-electron chi connectivity index (χ4n) is 2.15. The molecule has 1 aliphatic heterocycles. The molecule has 3 nitrogen and oxygen atoms in total. The minimum atomic E-state index is 0.673. The van der Waals surface area contributed by atoms with Gasteiger partial charge in [-0.15, -0.1) is 11.3 Å². The maximum absolute atomic E-state index is 6.21. The molecular formula is C14H14Cl2N2OS. The molecule has 1 aliphatic rings. The highest BCUT2D eigenvalue weighted by atomic mass is 35.5. The Balaban J connectivity index is 1.77. The smallest absolute Gasteiger partial charge is 0.107 e. The van der Waals surface area contributed by atoms with Gasteiger partial charge in [-0.05, 0) is 18.2 Å². The Kier molecular flexibility index (Phi) is 4.58. The minimum absolute atomic E-state index is 0.673. The third-order valence-corrected chi connectivity index (χ3v) is 4.62. The van der Waals surface area contributed by atoms with Crippen molar-refractivity contribution in [2.24, 2.45) is 0 Å². The molecule has 0 bridgehead atoms. The van der Waals surface area contributed by atoms with Crippen LogP contribution >= 0.6 is 34.5 Å². The average molecular weight is 329 g/mol. The van der Waals surface area contributed by atoms with E-state index in [0.29, 0.717) is 10.0 Å². The summed E-state index contributed by atoms with van der Waals surface area (Å²) < 4.78 is 5.35. The molecule has 20 heavy (non-hydrogen) atoms. The van der Waals surface area contributed by atoms with Crippen LogP contribution in [0.5, 0.6) is 0 Å². The van der Waals surface area contributed by atoms with Crippen molar-refractivity contribution in [3.8, 4) is 11.3 Å². The number of rotatable bonds is 3. The van der Waals surface area contributed by atoms with Gasteiger partial charge in [0.1, 0.15) is 5.01 Å². The second-order valence-corrected chi connectivity index (χ2v) is 6.43. The van der Waals surface area contributed by atoms with E-state index in [0.717, 1.165) is 49.1 Å². The van der Waals surface area contributed by atoms with E-state index in [-0.39, 0.29) is 0 Å². The van der Waals surface area contributed by atoms with E-state index in [4.69, 9.17) is 27.9 Å². The van der Waals surface area contributed by atoms with Gasteiger partial charge in [-0.3, -0.25) is 4.90 Å². The number of aromatic nitrogens is 1. The van der Waals surface area contributed by atoms with E-state index in [1.165, 1.54) is 0 Å². The van der Waals surface area contributed by atoms with Crippen LogP contribution in [0.2, 0.25) is 10.0 Å². The lowest BCUT2D eigenvalue weighted by atomic mass is 10.2. The summed E-state index contributed by atoms with van der Waals surface area (Å²) in [6, 6.07) is 5.45. The summed E-state index contributed by atoms with van der Waals surface area (Å²) in [5.41, 5.74) is 1.79. The van der Waals surface area contributed by atoms with E-state index >= 15 is 0 Å². The van der Waals surface area contributed by atoms with Crippen molar-refractivity contribution >= 4 is 34.5 Å². The molecule has 0 amide bonds. The van der Waals surface area contributed by atoms with Crippen LogP contribution in [0.4, 0.5) is 0 Å². The quantitative estimate of drug-likeness (QED) is 0.853. The van der Waals surface area contributed by atoms with Crippen molar-refractivity contribution in [2.75, 3.05) is 26.3 Å². The maximum Gasteiger partial charge on any atom is 0.107 e. The maximum atomic E-state index is 6.21. The molecule has 0 atom stereocenters. The average Bonchev–Trinajstić information content (AvgIpc) is 2.91. The van der Waals surface area contributed by atoms with Crippen LogP contribution in [0.3, 0.4) is 0 Å². The topological polar surface area (TPSA) is 25.4 Å². The third kappa shape index (κ3) is 3.32. The summed E-state index contributed by atoms with van der Waals surface area (Å²) in [6.07, 6.45) is 0. The van der Waals surface area contributed by atoms with E-state index < -0.39 is 0 Å². The van der Waals surface area contributed by atoms with Gasteiger partial charge in [0.05, 0.1) is 30.5 Å². The van der Waals surface area contributed by atoms with Gasteiger partial charge in [-0.1, -0.05) is 23.2 Å². The fraction of sp³-hybridized carbons (Fsp3) is 0.357. The Morgan fingerprint density at radius 3 is 2.85 bits per heavy atom. The van der Waals surface area contributed by atoms with Gasteiger partial charge < -0.3 is 4.74 Å². The predicted octanol–water partition coefficient (Wildman–Crippen LogP) is 3.95. The van der Waals surface area contributed by atoms with Gasteiger partial charge in [0, 0.05) is 29.1 Å². The summed E-state index contributed by atoms with van der Waals surface area (Å²) in [5, 5.41) is 4.48. The van der Waals surface area contributed by atoms with Crippen LogP contribution in [0.15, 0.2) is 23.6 Å². The van der Waals surface area contributed by atoms with Crippen LogP contribution in [-0.4, -0.2) is 36.2 Å². The van der Waals surface area contributed by atoms with Crippen molar-refractivity contribution < 1.29 is 4.74 Å². The lowest BCUT2D eigenvalue weighted by Gasteiger charge is -2.25. The van der Waals surface area contributed by atoms with Crippen molar-refractivity contribution in [1.82, 2.24) is 9.88 Å². The zero-order chi connectivity index (χ0) is 13.9. The molecule has 2 heterocycles. The van der Waals surface area contributed by atoms with E-state index in [2.05, 4.69) is 9.88 Å². The molecule has 106 valence electrons. The first-order valence-electron chi connectivity index (χ1n) is 6.42. The van der Waals surface area contributed by atoms with Gasteiger partial charge in [0.25, 0.3) is 0 Å². The van der Waals surface area contributed by atoms with Gasteiger partial charge in [-0.25, -0.2) is 4.98 Å². The molecule has 0 radical (unpaired) electrons. The largest absolute Gasteiger partial charge is 0.379 e. The van der Waals surface area contributed by atoms with E-state index in [1.807, 2.05) is 11.4 Å².